The molecule has 53 heavy (non-hydrogen) atoms. The number of hydrogen-bond acceptors (Lipinski definition) is 10. The van der Waals surface area contributed by atoms with Crippen LogP contribution in [0.15, 0.2) is 78.9 Å². The van der Waals surface area contributed by atoms with Gasteiger partial charge in [-0.05, 0) is 42.4 Å². The van der Waals surface area contributed by atoms with Crippen LogP contribution in [0.2, 0.25) is 18.6 Å². The Kier molecular flexibility index (Phi) is 11.2. The lowest BCUT2D eigenvalue weighted by atomic mass is 9.82. The fourth-order valence-electron chi connectivity index (χ4n) is 8.06. The minimum absolute atomic E-state index is 0.0460. The molecule has 6 rings (SSSR count). The van der Waals surface area contributed by atoms with Crippen molar-refractivity contribution in [3.8, 4) is 0 Å². The van der Waals surface area contributed by atoms with Gasteiger partial charge in [0.05, 0.1) is 31.4 Å². The highest BCUT2D eigenvalue weighted by atomic mass is 28.4. The van der Waals surface area contributed by atoms with Gasteiger partial charge in [0.25, 0.3) is 11.8 Å². The second kappa shape index (κ2) is 15.4. The summed E-state index contributed by atoms with van der Waals surface area (Å²) < 4.78 is 28.4. The Balaban J connectivity index is 1.37. The average Bonchev–Trinajstić information content (AvgIpc) is 3.55. The zero-order valence-electron chi connectivity index (χ0n) is 29.7. The molecule has 2 fully saturated rings. The predicted octanol–water partition coefficient (Wildman–Crippen LogP) is 2.16. The largest absolute Gasteiger partial charge is 0.395 e. The highest BCUT2D eigenvalue weighted by Crippen LogP contribution is 2.60. The molecule has 0 saturated carbocycles. The van der Waals surface area contributed by atoms with Crippen molar-refractivity contribution in [2.24, 2.45) is 5.92 Å². The van der Waals surface area contributed by atoms with E-state index in [0.29, 0.717) is 11.3 Å². The maximum atomic E-state index is 16.5. The standard InChI is InChI=1S/C38H46FN3O10Si/c1-22-34(53(2,3)39)28(19-29(44)41(16-17-43)20-23-10-6-4-7-11-23)52-38(22)26-18-25(40-35(48)33-31(46)30(45)32(47)36(49)51-33)14-15-27(26)42(37(38)50)21-24-12-8-5-9-13-24/h4-15,18,22,28,30-34,36,43,45-47,49H,16-17,19-21H2,1-3H3,(H,40,48)/t22-,28+,30-,31-,32+,33-,34-,36+,38+/m0/s1. The lowest BCUT2D eigenvalue weighted by Crippen LogP contribution is -2.60. The zero-order chi connectivity index (χ0) is 38.2. The van der Waals surface area contributed by atoms with Crippen molar-refractivity contribution in [3.05, 3.63) is 95.6 Å². The minimum Gasteiger partial charge on any atom is -0.395 e. The number of fused-ring (bicyclic) bond motifs is 2. The van der Waals surface area contributed by atoms with E-state index in [1.54, 1.807) is 17.9 Å². The molecule has 3 aliphatic heterocycles. The molecule has 0 bridgehead atoms. The molecule has 2 saturated heterocycles. The van der Waals surface area contributed by atoms with Gasteiger partial charge in [0, 0.05) is 35.8 Å². The van der Waals surface area contributed by atoms with Gasteiger partial charge in [0.1, 0.15) is 18.3 Å². The van der Waals surface area contributed by atoms with Crippen molar-refractivity contribution in [1.82, 2.24) is 4.90 Å². The monoisotopic (exact) mass is 751 g/mol. The maximum Gasteiger partial charge on any atom is 0.264 e. The molecule has 3 amide bonds. The molecule has 0 unspecified atom stereocenters. The van der Waals surface area contributed by atoms with E-state index in [-0.39, 0.29) is 44.3 Å². The van der Waals surface area contributed by atoms with Crippen molar-refractivity contribution >= 4 is 37.5 Å². The Morgan fingerprint density at radius 2 is 1.58 bits per heavy atom. The Hall–Kier alpha value is -4.06. The quantitative estimate of drug-likeness (QED) is 0.125. The highest BCUT2D eigenvalue weighted by Gasteiger charge is 2.67. The normalized spacial score (nSPS) is 29.7. The molecule has 13 nitrogen and oxygen atoms in total. The number of aliphatic hydroxyl groups is 5. The number of rotatable bonds is 11. The number of halogens is 1. The third kappa shape index (κ3) is 7.40. The summed E-state index contributed by atoms with van der Waals surface area (Å²) in [7, 11) is -3.67. The van der Waals surface area contributed by atoms with Crippen molar-refractivity contribution in [2.45, 2.75) is 87.5 Å². The second-order valence-electron chi connectivity index (χ2n) is 14.5. The number of aliphatic hydroxyl groups excluding tert-OH is 5. The number of anilines is 2. The maximum absolute atomic E-state index is 16.5. The summed E-state index contributed by atoms with van der Waals surface area (Å²) in [5.74, 6) is -2.52. The fourth-order valence-corrected chi connectivity index (χ4v) is 10.6. The van der Waals surface area contributed by atoms with Crippen LogP contribution < -0.4 is 10.2 Å². The number of nitrogens with zero attached hydrogens (tertiary/aromatic N) is 2. The summed E-state index contributed by atoms with van der Waals surface area (Å²) in [6.07, 6.45) is -10.5. The van der Waals surface area contributed by atoms with Gasteiger partial charge in [0.2, 0.25) is 14.3 Å². The first-order valence-electron chi connectivity index (χ1n) is 17.7. The van der Waals surface area contributed by atoms with E-state index in [1.807, 2.05) is 60.7 Å². The summed E-state index contributed by atoms with van der Waals surface area (Å²) in [6.45, 7) is 4.93. The molecule has 0 radical (unpaired) electrons. The Bertz CT molecular complexity index is 1800. The number of carbonyl (C=O) groups is 3. The molecule has 284 valence electrons. The Morgan fingerprint density at radius 3 is 2.21 bits per heavy atom. The van der Waals surface area contributed by atoms with Gasteiger partial charge in [-0.2, -0.15) is 0 Å². The summed E-state index contributed by atoms with van der Waals surface area (Å²) in [5.41, 5.74) is 0.0510. The highest BCUT2D eigenvalue weighted by molar-refractivity contribution is 6.72. The van der Waals surface area contributed by atoms with E-state index in [1.165, 1.54) is 30.1 Å². The topological polar surface area (TPSA) is 189 Å². The molecule has 9 atom stereocenters. The van der Waals surface area contributed by atoms with E-state index in [0.717, 1.165) is 11.1 Å². The summed E-state index contributed by atoms with van der Waals surface area (Å²) in [5, 5.41) is 52.9. The van der Waals surface area contributed by atoms with E-state index in [2.05, 4.69) is 5.32 Å². The smallest absolute Gasteiger partial charge is 0.264 e. The summed E-state index contributed by atoms with van der Waals surface area (Å²) in [4.78, 5) is 45.1. The molecule has 3 aromatic carbocycles. The van der Waals surface area contributed by atoms with E-state index < -0.39 is 74.1 Å². The van der Waals surface area contributed by atoms with Crippen molar-refractivity contribution < 1.29 is 53.5 Å². The third-order valence-corrected chi connectivity index (χ3v) is 13.0. The van der Waals surface area contributed by atoms with Crippen LogP contribution in [0.25, 0.3) is 0 Å². The molecule has 15 heteroatoms. The van der Waals surface area contributed by atoms with E-state index in [9.17, 15) is 39.9 Å². The summed E-state index contributed by atoms with van der Waals surface area (Å²) >= 11 is 0. The molecule has 0 aliphatic carbocycles. The molecule has 3 aromatic rings. The molecular formula is C38H46FN3O10Si. The number of nitrogens with one attached hydrogen (secondary N) is 1. The molecule has 3 aliphatic rings. The fraction of sp³-hybridized carbons (Fsp3) is 0.447. The number of hydrogen-bond donors (Lipinski definition) is 6. The van der Waals surface area contributed by atoms with Crippen LogP contribution in [0.3, 0.4) is 0 Å². The number of benzene rings is 3. The predicted molar refractivity (Wildman–Crippen MR) is 193 cm³/mol. The first kappa shape index (κ1) is 38.7. The van der Waals surface area contributed by atoms with Gasteiger partial charge in [-0.25, -0.2) is 0 Å². The zero-order valence-corrected chi connectivity index (χ0v) is 30.7. The third-order valence-electron chi connectivity index (χ3n) is 10.6. The van der Waals surface area contributed by atoms with Crippen LogP contribution in [-0.4, -0.2) is 107 Å². The van der Waals surface area contributed by atoms with Gasteiger partial charge >= 0.3 is 0 Å². The van der Waals surface area contributed by atoms with Crippen LogP contribution in [0.1, 0.15) is 30.0 Å². The second-order valence-corrected chi connectivity index (χ2v) is 18.3. The first-order chi connectivity index (χ1) is 25.2. The average molecular weight is 752 g/mol. The van der Waals surface area contributed by atoms with Gasteiger partial charge < -0.3 is 54.2 Å². The number of ether oxygens (including phenoxy) is 2. The Morgan fingerprint density at radius 1 is 0.943 bits per heavy atom. The van der Waals surface area contributed by atoms with Crippen LogP contribution in [0.5, 0.6) is 0 Å². The van der Waals surface area contributed by atoms with Crippen LogP contribution in [-0.2, 0) is 42.5 Å². The SMILES string of the molecule is C[C@H]1[C@H]([Si](C)(C)F)[C@@H](CC(=O)N(CCO)Cc2ccccc2)O[C@]12C(=O)N(Cc1ccccc1)c1ccc(NC(=O)[C@H]3O[C@@H](O)[C@H](O)[C@@H](O)[C@@H]3O)cc12. The molecule has 6 N–H and O–H groups in total. The van der Waals surface area contributed by atoms with Gasteiger partial charge in [-0.1, -0.05) is 67.6 Å². The molecular weight excluding hydrogens is 706 g/mol. The first-order valence-corrected chi connectivity index (χ1v) is 20.6. The van der Waals surface area contributed by atoms with E-state index in [4.69, 9.17) is 9.47 Å². The van der Waals surface area contributed by atoms with Crippen molar-refractivity contribution in [1.29, 1.82) is 0 Å². The van der Waals surface area contributed by atoms with E-state index >= 15 is 4.11 Å². The van der Waals surface area contributed by atoms with Crippen molar-refractivity contribution in [2.75, 3.05) is 23.4 Å². The minimum atomic E-state index is -3.67. The van der Waals surface area contributed by atoms with Crippen LogP contribution in [0, 0.1) is 5.92 Å². The van der Waals surface area contributed by atoms with Crippen molar-refractivity contribution in [3.63, 3.8) is 0 Å². The molecule has 0 aromatic heterocycles. The van der Waals surface area contributed by atoms with Crippen LogP contribution >= 0.6 is 0 Å². The lowest BCUT2D eigenvalue weighted by molar-refractivity contribution is -0.274. The van der Waals surface area contributed by atoms with Gasteiger partial charge in [0.15, 0.2) is 18.0 Å². The van der Waals surface area contributed by atoms with Crippen LogP contribution in [0.4, 0.5) is 15.5 Å². The van der Waals surface area contributed by atoms with Gasteiger partial charge in [-0.15, -0.1) is 0 Å². The Labute approximate surface area is 307 Å². The number of carbonyl (C=O) groups excluding carboxylic acids is 3. The van der Waals surface area contributed by atoms with Gasteiger partial charge in [-0.3, -0.25) is 14.4 Å². The summed E-state index contributed by atoms with van der Waals surface area (Å²) in [6, 6.07) is 23.2. The lowest BCUT2D eigenvalue weighted by Gasteiger charge is -2.37. The molecule has 1 spiro atoms. The number of amides is 3. The molecule has 3 heterocycles.